The molecule has 26 heavy (non-hydrogen) atoms. The summed E-state index contributed by atoms with van der Waals surface area (Å²) in [5.74, 6) is 0. The van der Waals surface area contributed by atoms with Crippen molar-refractivity contribution >= 4 is 0 Å². The Hall–Kier alpha value is -2.39. The highest BCUT2D eigenvalue weighted by atomic mass is 16.5. The normalized spacial score (nSPS) is 12.6. The second-order valence-corrected chi connectivity index (χ2v) is 6.17. The van der Waals surface area contributed by atoms with Crippen molar-refractivity contribution in [3.05, 3.63) is 72.0 Å². The number of nitrogens with two attached hydrogens (primary N) is 1. The van der Waals surface area contributed by atoms with Crippen LogP contribution < -0.4 is 5.73 Å². The zero-order valence-electron chi connectivity index (χ0n) is 15.1. The number of nitrogens with zero attached hydrogens (tertiary/aromatic N) is 1. The van der Waals surface area contributed by atoms with Crippen LogP contribution in [-0.4, -0.2) is 35.6 Å². The van der Waals surface area contributed by atoms with E-state index in [1.54, 1.807) is 18.4 Å². The fourth-order valence-corrected chi connectivity index (χ4v) is 2.26. The van der Waals surface area contributed by atoms with Gasteiger partial charge in [0.1, 0.15) is 0 Å². The number of aliphatic hydroxyl groups is 2. The van der Waals surface area contributed by atoms with E-state index < -0.39 is 5.54 Å². The average Bonchev–Trinajstić information content (AvgIpc) is 2.69. The fraction of sp³-hybridized carbons (Fsp3) is 0.381. The molecule has 0 aliphatic carbocycles. The van der Waals surface area contributed by atoms with Crippen LogP contribution in [0.3, 0.4) is 0 Å². The minimum absolute atomic E-state index is 0.293. The summed E-state index contributed by atoms with van der Waals surface area (Å²) in [4.78, 5) is 0. The lowest BCUT2D eigenvalue weighted by Crippen LogP contribution is -2.47. The van der Waals surface area contributed by atoms with Gasteiger partial charge in [-0.2, -0.15) is 5.26 Å². The number of hydrogen-bond acceptors (Lipinski definition) is 5. The van der Waals surface area contributed by atoms with Gasteiger partial charge in [0.2, 0.25) is 0 Å². The number of allylic oxidation sites excluding steroid dienone is 5. The lowest BCUT2D eigenvalue weighted by atomic mass is 9.93. The van der Waals surface area contributed by atoms with Gasteiger partial charge in [0.15, 0.2) is 0 Å². The molecule has 4 N–H and O–H groups in total. The van der Waals surface area contributed by atoms with Gasteiger partial charge < -0.3 is 20.7 Å². The molecule has 0 aromatic heterocycles. The van der Waals surface area contributed by atoms with Crippen molar-refractivity contribution in [2.75, 3.05) is 19.8 Å². The SMILES string of the molecule is N#C/C=C/C(=C\C=C\OCCCc1ccccc1)CCC(N)(CO)CO. The summed E-state index contributed by atoms with van der Waals surface area (Å²) in [6, 6.07) is 12.2. The Morgan fingerprint density at radius 1 is 1.23 bits per heavy atom. The minimum Gasteiger partial charge on any atom is -0.501 e. The number of benzene rings is 1. The lowest BCUT2D eigenvalue weighted by Gasteiger charge is -2.24. The van der Waals surface area contributed by atoms with E-state index in [4.69, 9.17) is 15.7 Å². The molecule has 5 heteroatoms. The van der Waals surface area contributed by atoms with Gasteiger partial charge in [0.05, 0.1) is 37.7 Å². The summed E-state index contributed by atoms with van der Waals surface area (Å²) in [7, 11) is 0. The molecule has 0 radical (unpaired) electrons. The molecule has 0 bridgehead atoms. The van der Waals surface area contributed by atoms with Gasteiger partial charge in [-0.15, -0.1) is 0 Å². The average molecular weight is 356 g/mol. The molecule has 0 spiro atoms. The number of nitriles is 1. The topological polar surface area (TPSA) is 99.5 Å². The molecular weight excluding hydrogens is 328 g/mol. The van der Waals surface area contributed by atoms with E-state index in [1.807, 2.05) is 30.3 Å². The molecule has 1 aromatic carbocycles. The quantitative estimate of drug-likeness (QED) is 0.231. The molecule has 0 unspecified atom stereocenters. The molecule has 0 fully saturated rings. The maximum absolute atomic E-state index is 9.24. The number of aryl methyl sites for hydroxylation is 1. The molecule has 0 saturated heterocycles. The fourth-order valence-electron chi connectivity index (χ4n) is 2.26. The van der Waals surface area contributed by atoms with Crippen LogP contribution in [0.5, 0.6) is 0 Å². The molecule has 0 saturated carbocycles. The Bertz CT molecular complexity index is 626. The van der Waals surface area contributed by atoms with E-state index in [0.717, 1.165) is 18.4 Å². The summed E-state index contributed by atoms with van der Waals surface area (Å²) in [5, 5.41) is 27.2. The second kappa shape index (κ2) is 12.9. The molecule has 0 heterocycles. The van der Waals surface area contributed by atoms with Crippen LogP contribution in [0.2, 0.25) is 0 Å². The first kappa shape index (κ1) is 21.7. The standard InChI is InChI=1S/C21H28N2O3/c22-14-4-9-20(12-13-21(23,17-24)18-25)11-6-16-26-15-5-10-19-7-2-1-3-8-19/h1-4,6-9,11,16,24-25H,5,10,12-13,15,17-18,23H2/b9-4+,16-6+,20-11+. The van der Waals surface area contributed by atoms with Crippen molar-refractivity contribution in [3.63, 3.8) is 0 Å². The Labute approximate surface area is 155 Å². The van der Waals surface area contributed by atoms with Gasteiger partial charge in [-0.1, -0.05) is 36.4 Å². The van der Waals surface area contributed by atoms with Crippen molar-refractivity contribution in [2.45, 2.75) is 31.2 Å². The van der Waals surface area contributed by atoms with E-state index in [0.29, 0.717) is 19.4 Å². The Kier molecular flexibility index (Phi) is 10.7. The highest BCUT2D eigenvalue weighted by molar-refractivity contribution is 5.26. The first-order valence-electron chi connectivity index (χ1n) is 8.71. The molecule has 140 valence electrons. The molecule has 5 nitrogen and oxygen atoms in total. The third-order valence-electron chi connectivity index (χ3n) is 3.97. The molecular formula is C21H28N2O3. The number of rotatable bonds is 12. The predicted octanol–water partition coefficient (Wildman–Crippen LogP) is 2.62. The zero-order chi connectivity index (χ0) is 19.1. The first-order valence-corrected chi connectivity index (χ1v) is 8.71. The van der Waals surface area contributed by atoms with Crippen LogP contribution in [-0.2, 0) is 11.2 Å². The highest BCUT2D eigenvalue weighted by Crippen LogP contribution is 2.15. The third-order valence-corrected chi connectivity index (χ3v) is 3.97. The van der Waals surface area contributed by atoms with E-state index in [9.17, 15) is 10.2 Å². The summed E-state index contributed by atoms with van der Waals surface area (Å²) < 4.78 is 5.48. The number of aliphatic hydroxyl groups excluding tert-OH is 2. The van der Waals surface area contributed by atoms with E-state index in [1.165, 1.54) is 11.6 Å². The van der Waals surface area contributed by atoms with Gasteiger partial charge in [-0.05, 0) is 49.0 Å². The Balaban J connectivity index is 2.41. The van der Waals surface area contributed by atoms with Crippen molar-refractivity contribution in [1.82, 2.24) is 0 Å². The molecule has 0 amide bonds. The summed E-state index contributed by atoms with van der Waals surface area (Å²) >= 11 is 0. The predicted molar refractivity (Wildman–Crippen MR) is 103 cm³/mol. The van der Waals surface area contributed by atoms with Crippen molar-refractivity contribution in [2.24, 2.45) is 5.73 Å². The third kappa shape index (κ3) is 9.19. The summed E-state index contributed by atoms with van der Waals surface area (Å²) in [5.41, 5.74) is 7.02. The van der Waals surface area contributed by atoms with Crippen molar-refractivity contribution in [1.29, 1.82) is 5.26 Å². The van der Waals surface area contributed by atoms with Gasteiger partial charge >= 0.3 is 0 Å². The van der Waals surface area contributed by atoms with Crippen LogP contribution in [0.25, 0.3) is 0 Å². The van der Waals surface area contributed by atoms with Crippen LogP contribution in [0, 0.1) is 11.3 Å². The van der Waals surface area contributed by atoms with Crippen LogP contribution in [0.1, 0.15) is 24.8 Å². The van der Waals surface area contributed by atoms with Crippen LogP contribution in [0.15, 0.2) is 66.5 Å². The maximum Gasteiger partial charge on any atom is 0.0912 e. The van der Waals surface area contributed by atoms with Crippen molar-refractivity contribution < 1.29 is 14.9 Å². The minimum atomic E-state index is -1.02. The summed E-state index contributed by atoms with van der Waals surface area (Å²) in [6.45, 7) is 0.0434. The second-order valence-electron chi connectivity index (χ2n) is 6.17. The molecule has 1 rings (SSSR count). The van der Waals surface area contributed by atoms with E-state index in [-0.39, 0.29) is 13.2 Å². The molecule has 1 aromatic rings. The maximum atomic E-state index is 9.24. The lowest BCUT2D eigenvalue weighted by molar-refractivity contribution is 0.115. The van der Waals surface area contributed by atoms with Gasteiger partial charge in [0, 0.05) is 6.08 Å². The van der Waals surface area contributed by atoms with Gasteiger partial charge in [-0.25, -0.2) is 0 Å². The zero-order valence-corrected chi connectivity index (χ0v) is 15.1. The molecule has 0 atom stereocenters. The van der Waals surface area contributed by atoms with E-state index >= 15 is 0 Å². The molecule has 0 aliphatic heterocycles. The first-order chi connectivity index (χ1) is 12.6. The monoisotopic (exact) mass is 356 g/mol. The van der Waals surface area contributed by atoms with Crippen LogP contribution >= 0.6 is 0 Å². The Morgan fingerprint density at radius 2 is 1.96 bits per heavy atom. The largest absolute Gasteiger partial charge is 0.501 e. The summed E-state index contributed by atoms with van der Waals surface area (Å²) in [6.07, 6.45) is 11.2. The van der Waals surface area contributed by atoms with Gasteiger partial charge in [0.25, 0.3) is 0 Å². The van der Waals surface area contributed by atoms with Gasteiger partial charge in [-0.3, -0.25) is 0 Å². The van der Waals surface area contributed by atoms with Crippen LogP contribution in [0.4, 0.5) is 0 Å². The van der Waals surface area contributed by atoms with Crippen molar-refractivity contribution in [3.8, 4) is 6.07 Å². The Morgan fingerprint density at radius 3 is 2.62 bits per heavy atom. The smallest absolute Gasteiger partial charge is 0.0912 e. The van der Waals surface area contributed by atoms with E-state index in [2.05, 4.69) is 12.1 Å². The highest BCUT2D eigenvalue weighted by Gasteiger charge is 2.22. The number of ether oxygens (including phenoxy) is 1. The molecule has 0 aliphatic rings. The number of hydrogen-bond donors (Lipinski definition) is 3.